The van der Waals surface area contributed by atoms with E-state index in [4.69, 9.17) is 0 Å². The van der Waals surface area contributed by atoms with Crippen LogP contribution in [0.3, 0.4) is 0 Å². The zero-order valence-electron chi connectivity index (χ0n) is 13.7. The SMILES string of the molecule is CN=C(NCCc1ccccn1)N1CC(C)(C)C1(C)C.I. The fourth-order valence-corrected chi connectivity index (χ4v) is 2.54. The van der Waals surface area contributed by atoms with Crippen molar-refractivity contribution in [2.24, 2.45) is 10.4 Å². The van der Waals surface area contributed by atoms with Gasteiger partial charge in [-0.15, -0.1) is 24.0 Å². The van der Waals surface area contributed by atoms with E-state index in [9.17, 15) is 0 Å². The second-order valence-corrected chi connectivity index (χ2v) is 6.57. The Bertz CT molecular complexity index is 482. The predicted molar refractivity (Wildman–Crippen MR) is 99.3 cm³/mol. The molecule has 0 aliphatic carbocycles. The molecule has 21 heavy (non-hydrogen) atoms. The first-order chi connectivity index (χ1) is 9.38. The Balaban J connectivity index is 0.00000220. The summed E-state index contributed by atoms with van der Waals surface area (Å²) in [7, 11) is 1.85. The Labute approximate surface area is 145 Å². The van der Waals surface area contributed by atoms with E-state index in [1.807, 2.05) is 25.4 Å². The molecule has 1 fully saturated rings. The van der Waals surface area contributed by atoms with Crippen LogP contribution in [-0.2, 0) is 6.42 Å². The minimum Gasteiger partial charge on any atom is -0.356 e. The highest BCUT2D eigenvalue weighted by atomic mass is 127. The quantitative estimate of drug-likeness (QED) is 0.480. The van der Waals surface area contributed by atoms with Gasteiger partial charge in [-0.3, -0.25) is 9.98 Å². The highest BCUT2D eigenvalue weighted by molar-refractivity contribution is 14.0. The third kappa shape index (κ3) is 3.67. The molecule has 0 bridgehead atoms. The zero-order valence-corrected chi connectivity index (χ0v) is 16.0. The second kappa shape index (κ2) is 6.94. The number of guanidine groups is 1. The first-order valence-electron chi connectivity index (χ1n) is 7.27. The number of hydrogen-bond acceptors (Lipinski definition) is 2. The fraction of sp³-hybridized carbons (Fsp3) is 0.625. The van der Waals surface area contributed by atoms with E-state index in [0.717, 1.165) is 31.2 Å². The van der Waals surface area contributed by atoms with Gasteiger partial charge < -0.3 is 10.2 Å². The van der Waals surface area contributed by atoms with Gasteiger partial charge in [0.25, 0.3) is 0 Å². The topological polar surface area (TPSA) is 40.5 Å². The molecule has 118 valence electrons. The Kier molecular flexibility index (Phi) is 6.01. The Morgan fingerprint density at radius 2 is 2.05 bits per heavy atom. The normalized spacial score (nSPS) is 19.5. The molecule has 0 aromatic carbocycles. The minimum absolute atomic E-state index is 0. The summed E-state index contributed by atoms with van der Waals surface area (Å²) in [6.45, 7) is 11.1. The summed E-state index contributed by atoms with van der Waals surface area (Å²) in [5.74, 6) is 0.991. The van der Waals surface area contributed by atoms with E-state index in [-0.39, 0.29) is 29.5 Å². The molecule has 0 unspecified atom stereocenters. The Hall–Kier alpha value is -0.850. The van der Waals surface area contributed by atoms with Gasteiger partial charge in [0.05, 0.1) is 0 Å². The lowest BCUT2D eigenvalue weighted by molar-refractivity contribution is -0.0666. The summed E-state index contributed by atoms with van der Waals surface area (Å²) in [5, 5.41) is 3.45. The molecule has 0 atom stereocenters. The van der Waals surface area contributed by atoms with E-state index in [1.165, 1.54) is 0 Å². The first-order valence-corrected chi connectivity index (χ1v) is 7.27. The van der Waals surface area contributed by atoms with E-state index >= 15 is 0 Å². The largest absolute Gasteiger partial charge is 0.356 e. The van der Waals surface area contributed by atoms with Gasteiger partial charge in [0.1, 0.15) is 0 Å². The third-order valence-electron chi connectivity index (χ3n) is 4.74. The van der Waals surface area contributed by atoms with Gasteiger partial charge in [-0.2, -0.15) is 0 Å². The van der Waals surface area contributed by atoms with E-state index in [2.05, 4.69) is 54.0 Å². The van der Waals surface area contributed by atoms with Crippen molar-refractivity contribution in [1.82, 2.24) is 15.2 Å². The van der Waals surface area contributed by atoms with Crippen molar-refractivity contribution in [3.63, 3.8) is 0 Å². The number of nitrogens with zero attached hydrogens (tertiary/aromatic N) is 3. The molecule has 1 aromatic heterocycles. The van der Waals surface area contributed by atoms with Gasteiger partial charge >= 0.3 is 0 Å². The summed E-state index contributed by atoms with van der Waals surface area (Å²) >= 11 is 0. The Morgan fingerprint density at radius 1 is 1.33 bits per heavy atom. The molecule has 0 radical (unpaired) electrons. The summed E-state index contributed by atoms with van der Waals surface area (Å²) in [4.78, 5) is 11.1. The van der Waals surface area contributed by atoms with Crippen LogP contribution in [0, 0.1) is 5.41 Å². The maximum absolute atomic E-state index is 4.41. The smallest absolute Gasteiger partial charge is 0.194 e. The zero-order chi connectivity index (χ0) is 14.8. The van der Waals surface area contributed by atoms with Gasteiger partial charge in [-0.1, -0.05) is 19.9 Å². The summed E-state index contributed by atoms with van der Waals surface area (Å²) in [6, 6.07) is 6.03. The number of likely N-dealkylation sites (tertiary alicyclic amines) is 1. The summed E-state index contributed by atoms with van der Waals surface area (Å²) < 4.78 is 0. The van der Waals surface area contributed by atoms with E-state index in [0.29, 0.717) is 5.41 Å². The molecule has 5 heteroatoms. The summed E-state index contributed by atoms with van der Waals surface area (Å²) in [6.07, 6.45) is 2.75. The van der Waals surface area contributed by atoms with Gasteiger partial charge in [-0.05, 0) is 26.0 Å². The number of aromatic nitrogens is 1. The molecule has 1 aliphatic rings. The molecule has 1 saturated heterocycles. The first kappa shape index (κ1) is 18.2. The average molecular weight is 402 g/mol. The molecular formula is C16H27IN4. The lowest BCUT2D eigenvalue weighted by Crippen LogP contribution is -2.72. The number of rotatable bonds is 3. The molecule has 0 spiro atoms. The molecule has 2 rings (SSSR count). The number of hydrogen-bond donors (Lipinski definition) is 1. The molecule has 2 heterocycles. The van der Waals surface area contributed by atoms with Crippen molar-refractivity contribution < 1.29 is 0 Å². The van der Waals surface area contributed by atoms with E-state index in [1.54, 1.807) is 0 Å². The van der Waals surface area contributed by atoms with Crippen LogP contribution in [0.25, 0.3) is 0 Å². The van der Waals surface area contributed by atoms with Gasteiger partial charge in [0.2, 0.25) is 0 Å². The van der Waals surface area contributed by atoms with Crippen LogP contribution in [0.1, 0.15) is 33.4 Å². The highest BCUT2D eigenvalue weighted by Gasteiger charge is 2.53. The fourth-order valence-electron chi connectivity index (χ4n) is 2.54. The molecule has 0 saturated carbocycles. The van der Waals surface area contributed by atoms with E-state index < -0.39 is 0 Å². The molecule has 1 aromatic rings. The number of aliphatic imine (C=N–C) groups is 1. The van der Waals surface area contributed by atoms with Crippen molar-refractivity contribution in [2.75, 3.05) is 20.1 Å². The maximum atomic E-state index is 4.41. The van der Waals surface area contributed by atoms with Crippen molar-refractivity contribution >= 4 is 29.9 Å². The summed E-state index contributed by atoms with van der Waals surface area (Å²) in [5.41, 5.74) is 1.57. The van der Waals surface area contributed by atoms with Crippen molar-refractivity contribution in [2.45, 2.75) is 39.7 Å². The van der Waals surface area contributed by atoms with Crippen molar-refractivity contribution in [1.29, 1.82) is 0 Å². The molecule has 1 N–H and O–H groups in total. The molecule has 4 nitrogen and oxygen atoms in total. The van der Waals surface area contributed by atoms with Crippen LogP contribution in [-0.4, -0.2) is 41.5 Å². The maximum Gasteiger partial charge on any atom is 0.194 e. The number of nitrogens with one attached hydrogen (secondary N) is 1. The number of pyridine rings is 1. The monoisotopic (exact) mass is 402 g/mol. The van der Waals surface area contributed by atoms with Crippen LogP contribution in [0.2, 0.25) is 0 Å². The van der Waals surface area contributed by atoms with Gasteiger partial charge in [0.15, 0.2) is 5.96 Å². The highest BCUT2D eigenvalue weighted by Crippen LogP contribution is 2.46. The Morgan fingerprint density at radius 3 is 2.52 bits per heavy atom. The number of halogens is 1. The predicted octanol–water partition coefficient (Wildman–Crippen LogP) is 2.94. The van der Waals surface area contributed by atoms with Gasteiger partial charge in [-0.25, -0.2) is 0 Å². The van der Waals surface area contributed by atoms with Crippen molar-refractivity contribution in [3.8, 4) is 0 Å². The standard InChI is InChI=1S/C16H26N4.HI/c1-15(2)12-20(16(15,3)4)14(17-5)19-11-9-13-8-6-7-10-18-13;/h6-8,10H,9,11-12H2,1-5H3,(H,17,19);1H. The van der Waals surface area contributed by atoms with Crippen LogP contribution in [0.15, 0.2) is 29.4 Å². The van der Waals surface area contributed by atoms with Crippen molar-refractivity contribution in [3.05, 3.63) is 30.1 Å². The van der Waals surface area contributed by atoms with Crippen LogP contribution in [0.4, 0.5) is 0 Å². The molecular weight excluding hydrogens is 375 g/mol. The second-order valence-electron chi connectivity index (χ2n) is 6.57. The third-order valence-corrected chi connectivity index (χ3v) is 4.74. The lowest BCUT2D eigenvalue weighted by Gasteiger charge is -2.62. The molecule has 0 amide bonds. The average Bonchev–Trinajstić information content (AvgIpc) is 2.43. The van der Waals surface area contributed by atoms with Gasteiger partial charge in [0, 0.05) is 49.4 Å². The minimum atomic E-state index is 0. The van der Waals surface area contributed by atoms with Crippen LogP contribution < -0.4 is 5.32 Å². The van der Waals surface area contributed by atoms with Crippen LogP contribution in [0.5, 0.6) is 0 Å². The molecule has 1 aliphatic heterocycles. The lowest BCUT2D eigenvalue weighted by atomic mass is 9.65. The van der Waals surface area contributed by atoms with Crippen LogP contribution >= 0.6 is 24.0 Å².